The number of benzene rings is 2. The predicted octanol–water partition coefficient (Wildman–Crippen LogP) is 4.53. The second kappa shape index (κ2) is 12.2. The van der Waals surface area contributed by atoms with Gasteiger partial charge in [-0.15, -0.1) is 0 Å². The van der Waals surface area contributed by atoms with Gasteiger partial charge < -0.3 is 14.8 Å². The summed E-state index contributed by atoms with van der Waals surface area (Å²) in [5, 5.41) is 3.03. The summed E-state index contributed by atoms with van der Waals surface area (Å²) in [4.78, 5) is 14.9. The number of nitrogens with zero attached hydrogens (tertiary/aromatic N) is 1. The molecule has 31 heavy (non-hydrogen) atoms. The number of likely N-dealkylation sites (tertiary alicyclic amines) is 1. The second-order valence-corrected chi connectivity index (χ2v) is 8.07. The summed E-state index contributed by atoms with van der Waals surface area (Å²) in [5.41, 5.74) is 2.19. The Kier molecular flexibility index (Phi) is 8.98. The molecule has 5 nitrogen and oxygen atoms in total. The third kappa shape index (κ3) is 7.44. The minimum absolute atomic E-state index is 0.0963. The molecule has 1 saturated heterocycles. The summed E-state index contributed by atoms with van der Waals surface area (Å²) >= 11 is 0. The Balaban J connectivity index is 1.39. The highest BCUT2D eigenvalue weighted by atomic mass is 16.5. The van der Waals surface area contributed by atoms with Crippen molar-refractivity contribution in [2.75, 3.05) is 33.9 Å². The molecule has 0 spiro atoms. The van der Waals surface area contributed by atoms with Crippen molar-refractivity contribution in [3.63, 3.8) is 0 Å². The Bertz CT molecular complexity index is 851. The number of amides is 1. The zero-order valence-corrected chi connectivity index (χ0v) is 18.7. The van der Waals surface area contributed by atoms with Gasteiger partial charge in [-0.05, 0) is 49.4 Å². The lowest BCUT2D eigenvalue weighted by Gasteiger charge is -2.31. The molecule has 2 aromatic rings. The molecular weight excluding hydrogens is 388 g/mol. The number of methoxy groups -OCH3 is 2. The number of hydrogen-bond acceptors (Lipinski definition) is 4. The molecule has 1 aliphatic rings. The Morgan fingerprint density at radius 3 is 2.77 bits per heavy atom. The van der Waals surface area contributed by atoms with Gasteiger partial charge in [0, 0.05) is 37.7 Å². The number of hydrogen-bond donors (Lipinski definition) is 1. The van der Waals surface area contributed by atoms with Crippen LogP contribution in [-0.2, 0) is 11.3 Å². The van der Waals surface area contributed by atoms with Gasteiger partial charge in [0.2, 0.25) is 5.91 Å². The maximum atomic E-state index is 12.4. The summed E-state index contributed by atoms with van der Waals surface area (Å²) in [6, 6.07) is 16.1. The van der Waals surface area contributed by atoms with Crippen molar-refractivity contribution in [3.05, 3.63) is 65.7 Å². The number of carbonyl (C=O) groups excluding carboxylic acids is 1. The Morgan fingerprint density at radius 1 is 1.16 bits per heavy atom. The zero-order valence-electron chi connectivity index (χ0n) is 18.7. The number of carbonyl (C=O) groups is 1. The lowest BCUT2D eigenvalue weighted by Crippen LogP contribution is -2.36. The van der Waals surface area contributed by atoms with Crippen molar-refractivity contribution in [1.29, 1.82) is 0 Å². The summed E-state index contributed by atoms with van der Waals surface area (Å²) < 4.78 is 10.6. The van der Waals surface area contributed by atoms with Crippen molar-refractivity contribution in [3.8, 4) is 11.5 Å². The van der Waals surface area contributed by atoms with E-state index in [4.69, 9.17) is 9.47 Å². The Labute approximate surface area is 186 Å². The third-order valence-corrected chi connectivity index (χ3v) is 5.83. The zero-order chi connectivity index (χ0) is 21.9. The molecule has 166 valence electrons. The van der Waals surface area contributed by atoms with E-state index >= 15 is 0 Å². The smallest absolute Gasteiger partial charge is 0.220 e. The van der Waals surface area contributed by atoms with Crippen molar-refractivity contribution in [2.24, 2.45) is 5.92 Å². The lowest BCUT2D eigenvalue weighted by atomic mass is 9.93. The fraction of sp³-hybridized carbons (Fsp3) is 0.423. The van der Waals surface area contributed by atoms with Crippen LogP contribution in [-0.4, -0.2) is 44.7 Å². The topological polar surface area (TPSA) is 50.8 Å². The molecular formula is C26H34N2O3. The fourth-order valence-corrected chi connectivity index (χ4v) is 4.07. The average Bonchev–Trinajstić information content (AvgIpc) is 2.82. The van der Waals surface area contributed by atoms with Crippen LogP contribution in [0.1, 0.15) is 36.8 Å². The maximum absolute atomic E-state index is 12.4. The van der Waals surface area contributed by atoms with E-state index in [9.17, 15) is 4.79 Å². The molecule has 0 saturated carbocycles. The minimum Gasteiger partial charge on any atom is -0.497 e. The van der Waals surface area contributed by atoms with Crippen molar-refractivity contribution < 1.29 is 14.3 Å². The molecule has 1 atom stereocenters. The summed E-state index contributed by atoms with van der Waals surface area (Å²) in [5.74, 6) is 2.15. The van der Waals surface area contributed by atoms with Crippen LogP contribution in [0.15, 0.2) is 54.6 Å². The molecule has 1 N–H and O–H groups in total. The van der Waals surface area contributed by atoms with E-state index in [1.165, 1.54) is 18.4 Å². The molecule has 1 fully saturated rings. The minimum atomic E-state index is 0.0963. The normalized spacial score (nSPS) is 16.9. The van der Waals surface area contributed by atoms with Gasteiger partial charge in [0.1, 0.15) is 11.5 Å². The molecule has 3 rings (SSSR count). The van der Waals surface area contributed by atoms with Gasteiger partial charge >= 0.3 is 0 Å². The first-order valence-corrected chi connectivity index (χ1v) is 11.1. The highest BCUT2D eigenvalue weighted by molar-refractivity contribution is 5.75. The summed E-state index contributed by atoms with van der Waals surface area (Å²) in [6.07, 6.45) is 8.34. The van der Waals surface area contributed by atoms with Crippen molar-refractivity contribution in [2.45, 2.75) is 32.2 Å². The summed E-state index contributed by atoms with van der Waals surface area (Å²) in [6.45, 7) is 3.64. The van der Waals surface area contributed by atoms with E-state index in [-0.39, 0.29) is 5.91 Å². The Hall–Kier alpha value is -2.79. The van der Waals surface area contributed by atoms with Gasteiger partial charge in [-0.3, -0.25) is 9.69 Å². The van der Waals surface area contributed by atoms with E-state index in [1.807, 2.05) is 24.3 Å². The van der Waals surface area contributed by atoms with Crippen LogP contribution in [0.5, 0.6) is 11.5 Å². The molecule has 1 amide bonds. The van der Waals surface area contributed by atoms with Crippen LogP contribution in [0.3, 0.4) is 0 Å². The average molecular weight is 423 g/mol. The number of ether oxygens (including phenoxy) is 2. The van der Waals surface area contributed by atoms with E-state index in [0.717, 1.165) is 43.1 Å². The highest BCUT2D eigenvalue weighted by Gasteiger charge is 2.20. The first kappa shape index (κ1) is 22.9. The number of piperidine rings is 1. The van der Waals surface area contributed by atoms with Crippen LogP contribution in [0.4, 0.5) is 0 Å². The molecule has 1 heterocycles. The molecule has 1 aliphatic heterocycles. The monoisotopic (exact) mass is 422 g/mol. The quantitative estimate of drug-likeness (QED) is 0.611. The first-order valence-electron chi connectivity index (χ1n) is 11.1. The molecule has 2 aromatic carbocycles. The molecule has 0 aromatic heterocycles. The van der Waals surface area contributed by atoms with Gasteiger partial charge in [0.15, 0.2) is 0 Å². The van der Waals surface area contributed by atoms with E-state index < -0.39 is 0 Å². The third-order valence-electron chi connectivity index (χ3n) is 5.83. The lowest BCUT2D eigenvalue weighted by molar-refractivity contribution is -0.121. The molecule has 5 heteroatoms. The molecule has 0 radical (unpaired) electrons. The van der Waals surface area contributed by atoms with Crippen molar-refractivity contribution >= 4 is 12.0 Å². The van der Waals surface area contributed by atoms with Crippen LogP contribution in [0.25, 0.3) is 6.08 Å². The number of nitrogens with one attached hydrogen (secondary N) is 1. The predicted molar refractivity (Wildman–Crippen MR) is 125 cm³/mol. The second-order valence-electron chi connectivity index (χ2n) is 8.07. The van der Waals surface area contributed by atoms with Crippen LogP contribution < -0.4 is 14.8 Å². The van der Waals surface area contributed by atoms with Gasteiger partial charge in [-0.2, -0.15) is 0 Å². The highest BCUT2D eigenvalue weighted by Crippen LogP contribution is 2.25. The molecule has 0 aliphatic carbocycles. The maximum Gasteiger partial charge on any atom is 0.220 e. The molecule has 0 unspecified atom stereocenters. The standard InChI is InChI=1S/C26H34N2O3/c1-30-24-14-13-23(25(18-24)31-2)19-27-26(29)15-12-22-11-7-17-28(20-22)16-6-10-21-8-4-3-5-9-21/h3-6,8-10,13-14,18,22H,7,11-12,15-17,19-20H2,1-2H3,(H,27,29)/b10-6+/t22-/m1/s1. The fourth-order valence-electron chi connectivity index (χ4n) is 4.07. The van der Waals surface area contributed by atoms with Crippen LogP contribution >= 0.6 is 0 Å². The largest absolute Gasteiger partial charge is 0.497 e. The molecule has 0 bridgehead atoms. The van der Waals surface area contributed by atoms with E-state index in [2.05, 4.69) is 46.6 Å². The van der Waals surface area contributed by atoms with Crippen molar-refractivity contribution in [1.82, 2.24) is 10.2 Å². The van der Waals surface area contributed by atoms with Gasteiger partial charge in [-0.1, -0.05) is 42.5 Å². The SMILES string of the molecule is COc1ccc(CNC(=O)CC[C@H]2CCCN(C/C=C/c3ccccc3)C2)c(OC)c1. The summed E-state index contributed by atoms with van der Waals surface area (Å²) in [7, 11) is 3.26. The van der Waals surface area contributed by atoms with Crippen LogP contribution in [0.2, 0.25) is 0 Å². The van der Waals surface area contributed by atoms with E-state index in [0.29, 0.717) is 18.9 Å². The first-order chi connectivity index (χ1) is 15.2. The van der Waals surface area contributed by atoms with Crippen LogP contribution in [0, 0.1) is 5.92 Å². The van der Waals surface area contributed by atoms with E-state index in [1.54, 1.807) is 14.2 Å². The van der Waals surface area contributed by atoms with Gasteiger partial charge in [0.05, 0.1) is 14.2 Å². The Morgan fingerprint density at radius 2 is 2.00 bits per heavy atom. The van der Waals surface area contributed by atoms with Gasteiger partial charge in [-0.25, -0.2) is 0 Å². The van der Waals surface area contributed by atoms with Gasteiger partial charge in [0.25, 0.3) is 0 Å². The number of rotatable bonds is 10.